The van der Waals surface area contributed by atoms with Crippen molar-refractivity contribution in [1.82, 2.24) is 9.55 Å². The molecule has 0 saturated heterocycles. The molecule has 1 atom stereocenters. The van der Waals surface area contributed by atoms with Crippen molar-refractivity contribution in [2.75, 3.05) is 0 Å². The summed E-state index contributed by atoms with van der Waals surface area (Å²) in [6, 6.07) is 18.3. The maximum atomic E-state index is 12.7. The molecule has 0 saturated carbocycles. The number of carbonyl (C=O) groups is 1. The normalized spacial score (nSPS) is 19.1. The van der Waals surface area contributed by atoms with Crippen LogP contribution < -0.4 is 0 Å². The molecule has 1 unspecified atom stereocenters. The zero-order chi connectivity index (χ0) is 17.2. The fourth-order valence-corrected chi connectivity index (χ4v) is 4.14. The van der Waals surface area contributed by atoms with Crippen molar-refractivity contribution in [3.8, 4) is 0 Å². The molecule has 5 rings (SSSR count). The molecule has 1 aliphatic heterocycles. The minimum Gasteiger partial charge on any atom is -0.442 e. The van der Waals surface area contributed by atoms with Crippen molar-refractivity contribution in [3.63, 3.8) is 0 Å². The second-order valence-corrected chi connectivity index (χ2v) is 7.16. The third kappa shape index (κ3) is 1.91. The summed E-state index contributed by atoms with van der Waals surface area (Å²) in [6.45, 7) is 3.97. The van der Waals surface area contributed by atoms with Gasteiger partial charge in [-0.2, -0.15) is 0 Å². The molecule has 3 heterocycles. The predicted molar refractivity (Wildman–Crippen MR) is 98.0 cm³/mol. The van der Waals surface area contributed by atoms with Crippen LogP contribution in [-0.4, -0.2) is 21.2 Å². The van der Waals surface area contributed by atoms with Crippen molar-refractivity contribution in [2.24, 2.45) is 0 Å². The molecule has 4 nitrogen and oxygen atoms in total. The molecule has 2 aromatic carbocycles. The number of hydrogen-bond acceptors (Lipinski definition) is 2. The summed E-state index contributed by atoms with van der Waals surface area (Å²) in [5.74, 6) is -0.0475. The lowest BCUT2D eigenvalue weighted by atomic mass is 9.81. The van der Waals surface area contributed by atoms with Gasteiger partial charge in [0.05, 0.1) is 11.4 Å². The third-order valence-electron chi connectivity index (χ3n) is 5.20. The summed E-state index contributed by atoms with van der Waals surface area (Å²) in [5, 5.41) is 2.22. The molecular formula is C21H18N2O2. The maximum Gasteiger partial charge on any atom is 0.419 e. The Morgan fingerprint density at radius 3 is 2.72 bits per heavy atom. The molecule has 0 aliphatic carbocycles. The highest BCUT2D eigenvalue weighted by Gasteiger charge is 2.44. The number of aromatic nitrogens is 2. The molecule has 4 heteroatoms. The Bertz CT molecular complexity index is 1130. The largest absolute Gasteiger partial charge is 0.442 e. The molecule has 0 bridgehead atoms. The van der Waals surface area contributed by atoms with Crippen LogP contribution >= 0.6 is 0 Å². The Morgan fingerprint density at radius 2 is 1.84 bits per heavy atom. The first kappa shape index (κ1) is 14.3. The molecule has 4 aromatic rings. The van der Waals surface area contributed by atoms with E-state index in [-0.39, 0.29) is 12.0 Å². The first-order valence-electron chi connectivity index (χ1n) is 8.46. The topological polar surface area (TPSA) is 47.0 Å². The number of aromatic amines is 1. The standard InChI is InChI=1S/C21H18N2O2/c1-21(2)19(15-12-22-16-9-5-4-8-14(15)16)18-11-13-7-3-6-10-17(13)23(18)20(24)25-21/h3-12,19,22H,1-2H3. The number of rotatable bonds is 1. The number of nitrogens with one attached hydrogen (secondary N) is 1. The molecule has 0 amide bonds. The van der Waals surface area contributed by atoms with E-state index in [2.05, 4.69) is 23.2 Å². The highest BCUT2D eigenvalue weighted by molar-refractivity contribution is 5.93. The van der Waals surface area contributed by atoms with Crippen LogP contribution in [0.5, 0.6) is 0 Å². The number of hydrogen-bond donors (Lipinski definition) is 1. The Kier molecular flexibility index (Phi) is 2.73. The van der Waals surface area contributed by atoms with Crippen molar-refractivity contribution in [2.45, 2.75) is 25.4 Å². The van der Waals surface area contributed by atoms with E-state index in [1.54, 1.807) is 4.57 Å². The van der Waals surface area contributed by atoms with Gasteiger partial charge in [0.2, 0.25) is 0 Å². The Morgan fingerprint density at radius 1 is 1.08 bits per heavy atom. The first-order valence-corrected chi connectivity index (χ1v) is 8.46. The van der Waals surface area contributed by atoms with Crippen molar-refractivity contribution in [3.05, 3.63) is 72.1 Å². The summed E-state index contributed by atoms with van der Waals surface area (Å²) in [5.41, 5.74) is 3.48. The van der Waals surface area contributed by atoms with E-state index in [0.29, 0.717) is 0 Å². The minimum absolute atomic E-state index is 0.0475. The summed E-state index contributed by atoms with van der Waals surface area (Å²) in [6.07, 6.45) is 1.73. The monoisotopic (exact) mass is 330 g/mol. The van der Waals surface area contributed by atoms with Crippen molar-refractivity contribution in [1.29, 1.82) is 0 Å². The molecule has 1 aliphatic rings. The molecule has 0 spiro atoms. The number of carbonyl (C=O) groups excluding carboxylic acids is 1. The van der Waals surface area contributed by atoms with Gasteiger partial charge in [-0.25, -0.2) is 9.36 Å². The minimum atomic E-state index is -0.633. The molecular weight excluding hydrogens is 312 g/mol. The SMILES string of the molecule is CC1(C)OC(=O)n2c(cc3ccccc32)C1c1c[nH]c2ccccc12. The van der Waals surface area contributed by atoms with E-state index >= 15 is 0 Å². The quantitative estimate of drug-likeness (QED) is 0.532. The lowest BCUT2D eigenvalue weighted by Gasteiger charge is -2.38. The number of H-pyrrole nitrogens is 1. The van der Waals surface area contributed by atoms with E-state index in [1.165, 1.54) is 0 Å². The average molecular weight is 330 g/mol. The van der Waals surface area contributed by atoms with E-state index in [1.807, 2.05) is 56.4 Å². The third-order valence-corrected chi connectivity index (χ3v) is 5.20. The van der Waals surface area contributed by atoms with Gasteiger partial charge in [-0.05, 0) is 37.6 Å². The van der Waals surface area contributed by atoms with Gasteiger partial charge < -0.3 is 9.72 Å². The lowest BCUT2D eigenvalue weighted by Crippen LogP contribution is -2.43. The number of nitrogens with zero attached hydrogens (tertiary/aromatic N) is 1. The summed E-state index contributed by atoms with van der Waals surface area (Å²) >= 11 is 0. The van der Waals surface area contributed by atoms with Gasteiger partial charge >= 0.3 is 6.09 Å². The van der Waals surface area contributed by atoms with E-state index in [9.17, 15) is 4.79 Å². The zero-order valence-electron chi connectivity index (χ0n) is 14.1. The van der Waals surface area contributed by atoms with Gasteiger partial charge in [0.25, 0.3) is 0 Å². The number of fused-ring (bicyclic) bond motifs is 4. The second-order valence-electron chi connectivity index (χ2n) is 7.16. The molecule has 0 fully saturated rings. The van der Waals surface area contributed by atoms with Gasteiger partial charge in [-0.3, -0.25) is 0 Å². The zero-order valence-corrected chi connectivity index (χ0v) is 14.1. The van der Waals surface area contributed by atoms with Gasteiger partial charge in [-0.15, -0.1) is 0 Å². The Balaban J connectivity index is 1.84. The van der Waals surface area contributed by atoms with Crippen LogP contribution in [0.2, 0.25) is 0 Å². The maximum absolute atomic E-state index is 12.7. The number of benzene rings is 2. The van der Waals surface area contributed by atoms with E-state index in [0.717, 1.165) is 33.1 Å². The predicted octanol–water partition coefficient (Wildman–Crippen LogP) is 5.03. The number of ether oxygens (including phenoxy) is 1. The van der Waals surface area contributed by atoms with Crippen LogP contribution in [0.15, 0.2) is 60.8 Å². The average Bonchev–Trinajstić information content (AvgIpc) is 3.16. The van der Waals surface area contributed by atoms with Crippen molar-refractivity contribution >= 4 is 27.9 Å². The molecule has 2 aromatic heterocycles. The molecule has 25 heavy (non-hydrogen) atoms. The Hall–Kier alpha value is -3.01. The Labute approximate surface area is 145 Å². The van der Waals surface area contributed by atoms with Crippen LogP contribution in [0.25, 0.3) is 21.8 Å². The second kappa shape index (κ2) is 4.76. The fourth-order valence-electron chi connectivity index (χ4n) is 4.14. The van der Waals surface area contributed by atoms with Crippen LogP contribution in [0.1, 0.15) is 31.0 Å². The first-order chi connectivity index (χ1) is 12.1. The van der Waals surface area contributed by atoms with Crippen molar-refractivity contribution < 1.29 is 9.53 Å². The summed E-state index contributed by atoms with van der Waals surface area (Å²) in [7, 11) is 0. The van der Waals surface area contributed by atoms with Gasteiger partial charge in [0, 0.05) is 28.2 Å². The van der Waals surface area contributed by atoms with Crippen LogP contribution in [0.4, 0.5) is 4.79 Å². The van der Waals surface area contributed by atoms with Crippen LogP contribution in [0, 0.1) is 0 Å². The van der Waals surface area contributed by atoms with Gasteiger partial charge in [0.1, 0.15) is 5.60 Å². The molecule has 1 N–H and O–H groups in total. The highest BCUT2D eigenvalue weighted by Crippen LogP contribution is 2.45. The smallest absolute Gasteiger partial charge is 0.419 e. The van der Waals surface area contributed by atoms with E-state index < -0.39 is 5.60 Å². The van der Waals surface area contributed by atoms with E-state index in [4.69, 9.17) is 4.74 Å². The lowest BCUT2D eigenvalue weighted by molar-refractivity contribution is 0.0137. The number of para-hydroxylation sites is 2. The van der Waals surface area contributed by atoms with Gasteiger partial charge in [0.15, 0.2) is 0 Å². The summed E-state index contributed by atoms with van der Waals surface area (Å²) in [4.78, 5) is 16.0. The highest BCUT2D eigenvalue weighted by atomic mass is 16.6. The molecule has 0 radical (unpaired) electrons. The fraction of sp³-hybridized carbons (Fsp3) is 0.190. The molecule has 124 valence electrons. The van der Waals surface area contributed by atoms with Crippen LogP contribution in [-0.2, 0) is 4.74 Å². The number of cyclic esters (lactones) is 1. The van der Waals surface area contributed by atoms with Crippen LogP contribution in [0.3, 0.4) is 0 Å². The summed E-state index contributed by atoms with van der Waals surface area (Å²) < 4.78 is 7.58. The van der Waals surface area contributed by atoms with Gasteiger partial charge in [-0.1, -0.05) is 36.4 Å².